The molecule has 2 N–H and O–H groups in total. The zero-order chi connectivity index (χ0) is 16.8. The first-order valence-electron chi connectivity index (χ1n) is 7.75. The van der Waals surface area contributed by atoms with Gasteiger partial charge in [0.15, 0.2) is 0 Å². The van der Waals surface area contributed by atoms with E-state index in [1.807, 2.05) is 18.2 Å². The molecular weight excluding hydrogens is 328 g/mol. The Morgan fingerprint density at radius 1 is 1.04 bits per heavy atom. The van der Waals surface area contributed by atoms with Crippen LogP contribution >= 0.6 is 12.4 Å². The summed E-state index contributed by atoms with van der Waals surface area (Å²) in [6.45, 7) is 2.61. The van der Waals surface area contributed by atoms with Gasteiger partial charge in [-0.25, -0.2) is 4.79 Å². The molecule has 132 valence electrons. The predicted octanol–water partition coefficient (Wildman–Crippen LogP) is 0.509. The Hall–Kier alpha value is -1.89. The average Bonchev–Trinajstić information content (AvgIpc) is 2.56. The summed E-state index contributed by atoms with van der Waals surface area (Å²) in [6, 6.07) is 11.7. The first kappa shape index (κ1) is 20.2. The van der Waals surface area contributed by atoms with Crippen molar-refractivity contribution in [2.24, 2.45) is 19.8 Å². The third kappa shape index (κ3) is 5.06. The first-order valence-corrected chi connectivity index (χ1v) is 7.75. The summed E-state index contributed by atoms with van der Waals surface area (Å²) >= 11 is 0. The second kappa shape index (κ2) is 9.42. The number of aromatic nitrogens is 2. The van der Waals surface area contributed by atoms with Crippen LogP contribution in [0.15, 0.2) is 46.0 Å². The molecule has 0 saturated carbocycles. The van der Waals surface area contributed by atoms with E-state index in [-0.39, 0.29) is 23.7 Å². The van der Waals surface area contributed by atoms with Gasteiger partial charge < -0.3 is 5.73 Å². The molecule has 0 aliphatic carbocycles. The van der Waals surface area contributed by atoms with Gasteiger partial charge in [0.25, 0.3) is 5.56 Å². The summed E-state index contributed by atoms with van der Waals surface area (Å²) in [5.74, 6) is 0. The maximum atomic E-state index is 12.0. The van der Waals surface area contributed by atoms with E-state index in [4.69, 9.17) is 5.73 Å². The quantitative estimate of drug-likeness (QED) is 0.788. The van der Waals surface area contributed by atoms with Crippen molar-refractivity contribution in [2.75, 3.05) is 19.6 Å². The smallest absolute Gasteiger partial charge is 0.329 e. The number of hydrogen-bond donors (Lipinski definition) is 1. The van der Waals surface area contributed by atoms with Gasteiger partial charge >= 0.3 is 5.69 Å². The lowest BCUT2D eigenvalue weighted by Crippen LogP contribution is -2.40. The van der Waals surface area contributed by atoms with Gasteiger partial charge in [-0.2, -0.15) is 0 Å². The highest BCUT2D eigenvalue weighted by Gasteiger charge is 2.11. The molecule has 0 fully saturated rings. The summed E-state index contributed by atoms with van der Waals surface area (Å²) in [4.78, 5) is 26.0. The van der Waals surface area contributed by atoms with Crippen molar-refractivity contribution in [3.05, 3.63) is 68.5 Å². The maximum Gasteiger partial charge on any atom is 0.330 e. The fourth-order valence-electron chi connectivity index (χ4n) is 2.54. The lowest BCUT2D eigenvalue weighted by molar-refractivity contribution is 0.268. The molecule has 24 heavy (non-hydrogen) atoms. The van der Waals surface area contributed by atoms with Gasteiger partial charge in [-0.15, -0.1) is 12.4 Å². The second-order valence-corrected chi connectivity index (χ2v) is 5.67. The van der Waals surface area contributed by atoms with E-state index in [0.29, 0.717) is 18.8 Å². The third-order valence-corrected chi connectivity index (χ3v) is 4.02. The monoisotopic (exact) mass is 352 g/mol. The topological polar surface area (TPSA) is 73.3 Å². The third-order valence-electron chi connectivity index (χ3n) is 4.02. The van der Waals surface area contributed by atoms with Crippen LogP contribution in [0, 0.1) is 0 Å². The molecule has 0 atom stereocenters. The van der Waals surface area contributed by atoms with Crippen molar-refractivity contribution in [1.29, 1.82) is 0 Å². The van der Waals surface area contributed by atoms with Gasteiger partial charge in [0, 0.05) is 52.0 Å². The molecule has 7 heteroatoms. The van der Waals surface area contributed by atoms with E-state index in [1.54, 1.807) is 7.05 Å². The summed E-state index contributed by atoms with van der Waals surface area (Å²) in [5.41, 5.74) is 7.08. The zero-order valence-corrected chi connectivity index (χ0v) is 15.0. The minimum absolute atomic E-state index is 0. The molecule has 0 amide bonds. The number of nitrogens with two attached hydrogens (primary N) is 1. The van der Waals surface area contributed by atoms with Gasteiger partial charge in [0.2, 0.25) is 0 Å². The summed E-state index contributed by atoms with van der Waals surface area (Å²) in [6.07, 6.45) is 0.902. The van der Waals surface area contributed by atoms with E-state index in [2.05, 4.69) is 17.0 Å². The predicted molar refractivity (Wildman–Crippen MR) is 98.6 cm³/mol. The molecule has 1 aromatic heterocycles. The minimum atomic E-state index is -0.303. The first-order chi connectivity index (χ1) is 11.0. The van der Waals surface area contributed by atoms with E-state index in [9.17, 15) is 9.59 Å². The highest BCUT2D eigenvalue weighted by atomic mass is 35.5. The van der Waals surface area contributed by atoms with Gasteiger partial charge in [-0.3, -0.25) is 18.8 Å². The molecule has 1 heterocycles. The van der Waals surface area contributed by atoms with Gasteiger partial charge in [-0.05, 0) is 12.0 Å². The van der Waals surface area contributed by atoms with Crippen LogP contribution in [0.4, 0.5) is 0 Å². The van der Waals surface area contributed by atoms with Crippen LogP contribution in [0.1, 0.15) is 11.3 Å². The van der Waals surface area contributed by atoms with Gasteiger partial charge in [-0.1, -0.05) is 30.3 Å². The van der Waals surface area contributed by atoms with Crippen molar-refractivity contribution in [2.45, 2.75) is 13.0 Å². The van der Waals surface area contributed by atoms with Gasteiger partial charge in [0.1, 0.15) is 0 Å². The van der Waals surface area contributed by atoms with Crippen LogP contribution in [0.5, 0.6) is 0 Å². The van der Waals surface area contributed by atoms with Crippen molar-refractivity contribution < 1.29 is 0 Å². The number of hydrogen-bond acceptors (Lipinski definition) is 4. The standard InChI is InChI=1S/C17H24N4O2.ClH/c1-19-15(12-16(22)20(2)17(19)23)13-21(11-9-18)10-8-14-6-4-3-5-7-14;/h3-7,12H,8-11,13,18H2,1-2H3;1H. The molecule has 2 aromatic rings. The Kier molecular flexibility index (Phi) is 7.91. The summed E-state index contributed by atoms with van der Waals surface area (Å²) < 4.78 is 2.63. The maximum absolute atomic E-state index is 12.0. The van der Waals surface area contributed by atoms with Crippen molar-refractivity contribution in [3.63, 3.8) is 0 Å². The highest BCUT2D eigenvalue weighted by Crippen LogP contribution is 2.04. The Morgan fingerprint density at radius 3 is 2.33 bits per heavy atom. The summed E-state index contributed by atoms with van der Waals surface area (Å²) in [5, 5.41) is 0. The normalized spacial score (nSPS) is 10.7. The fraction of sp³-hybridized carbons (Fsp3) is 0.412. The number of halogens is 1. The molecule has 0 aliphatic rings. The van der Waals surface area contributed by atoms with Crippen LogP contribution in [0.2, 0.25) is 0 Å². The van der Waals surface area contributed by atoms with Crippen LogP contribution in [0.3, 0.4) is 0 Å². The van der Waals surface area contributed by atoms with Gasteiger partial charge in [0.05, 0.1) is 0 Å². The largest absolute Gasteiger partial charge is 0.330 e. The van der Waals surface area contributed by atoms with Crippen LogP contribution in [-0.4, -0.2) is 33.7 Å². The lowest BCUT2D eigenvalue weighted by atomic mass is 10.1. The lowest BCUT2D eigenvalue weighted by Gasteiger charge is -2.23. The van der Waals surface area contributed by atoms with Crippen molar-refractivity contribution >= 4 is 12.4 Å². The number of rotatable bonds is 7. The van der Waals surface area contributed by atoms with Crippen LogP contribution in [-0.2, 0) is 27.1 Å². The van der Waals surface area contributed by atoms with Crippen molar-refractivity contribution in [1.82, 2.24) is 14.0 Å². The van der Waals surface area contributed by atoms with E-state index in [0.717, 1.165) is 24.1 Å². The van der Waals surface area contributed by atoms with Crippen LogP contribution < -0.4 is 17.0 Å². The number of benzene rings is 1. The molecule has 0 unspecified atom stereocenters. The Balaban J connectivity index is 0.00000288. The average molecular weight is 353 g/mol. The van der Waals surface area contributed by atoms with Crippen LogP contribution in [0.25, 0.3) is 0 Å². The highest BCUT2D eigenvalue weighted by molar-refractivity contribution is 5.85. The minimum Gasteiger partial charge on any atom is -0.329 e. The summed E-state index contributed by atoms with van der Waals surface area (Å²) in [7, 11) is 3.18. The molecule has 0 spiro atoms. The fourth-order valence-corrected chi connectivity index (χ4v) is 2.54. The second-order valence-electron chi connectivity index (χ2n) is 5.67. The van der Waals surface area contributed by atoms with E-state index in [1.165, 1.54) is 23.2 Å². The van der Waals surface area contributed by atoms with E-state index >= 15 is 0 Å². The molecule has 0 aliphatic heterocycles. The molecule has 6 nitrogen and oxygen atoms in total. The molecule has 0 bridgehead atoms. The SMILES string of the molecule is Cl.Cn1c(CN(CCN)CCc2ccccc2)cc(=O)n(C)c1=O. The Labute approximate surface area is 147 Å². The molecule has 2 rings (SSSR count). The van der Waals surface area contributed by atoms with E-state index < -0.39 is 0 Å². The Morgan fingerprint density at radius 2 is 1.71 bits per heavy atom. The van der Waals surface area contributed by atoms with Crippen molar-refractivity contribution in [3.8, 4) is 0 Å². The molecule has 1 aromatic carbocycles. The zero-order valence-electron chi connectivity index (χ0n) is 14.1. The molecule has 0 saturated heterocycles. The number of nitrogens with zero attached hydrogens (tertiary/aromatic N) is 3. The molecular formula is C17H25ClN4O2. The molecule has 0 radical (unpaired) electrons. The Bertz CT molecular complexity index is 755.